The van der Waals surface area contributed by atoms with Gasteiger partial charge in [-0.3, -0.25) is 14.4 Å². The summed E-state index contributed by atoms with van der Waals surface area (Å²) in [5.74, 6) is -4.05. The Kier molecular flexibility index (Phi) is 8.94. The average Bonchev–Trinajstić information content (AvgIpc) is 3.37. The van der Waals surface area contributed by atoms with E-state index < -0.39 is 59.0 Å². The lowest BCUT2D eigenvalue weighted by atomic mass is 9.85. The van der Waals surface area contributed by atoms with Crippen molar-refractivity contribution in [2.45, 2.75) is 91.2 Å². The van der Waals surface area contributed by atoms with Gasteiger partial charge in [0.2, 0.25) is 11.5 Å². The second-order valence-electron chi connectivity index (χ2n) is 13.0. The van der Waals surface area contributed by atoms with Crippen molar-refractivity contribution in [3.8, 4) is 11.4 Å². The largest absolute Gasteiger partial charge is 0.481 e. The number of pyridine rings is 2. The van der Waals surface area contributed by atoms with E-state index >= 15 is 0 Å². The highest BCUT2D eigenvalue weighted by atomic mass is 16.6. The summed E-state index contributed by atoms with van der Waals surface area (Å²) in [6.07, 6.45) is 0.799. The number of carboxylic acids is 1. The van der Waals surface area contributed by atoms with E-state index in [0.717, 1.165) is 16.5 Å². The average molecular weight is 647 g/mol. The topological polar surface area (TPSA) is 175 Å². The van der Waals surface area contributed by atoms with Gasteiger partial charge in [0.05, 0.1) is 41.6 Å². The third-order valence-corrected chi connectivity index (χ3v) is 8.19. The van der Waals surface area contributed by atoms with Gasteiger partial charge in [-0.2, -0.15) is 0 Å². The number of hydrogen-bond acceptors (Lipinski definition) is 10. The van der Waals surface area contributed by atoms with Gasteiger partial charge in [-0.25, -0.2) is 14.6 Å². The number of nitrogens with zero attached hydrogens (tertiary/aromatic N) is 3. The fraction of sp³-hybridized carbons (Fsp3) is 0.441. The van der Waals surface area contributed by atoms with Gasteiger partial charge in [-0.05, 0) is 45.2 Å². The molecule has 4 heterocycles. The second kappa shape index (κ2) is 12.6. The fourth-order valence-electron chi connectivity index (χ4n) is 5.80. The van der Waals surface area contributed by atoms with Crippen molar-refractivity contribution in [3.63, 3.8) is 0 Å². The van der Waals surface area contributed by atoms with Crippen LogP contribution in [0.3, 0.4) is 0 Å². The third-order valence-electron chi connectivity index (χ3n) is 8.19. The third kappa shape index (κ3) is 6.34. The first-order chi connectivity index (χ1) is 22.2. The van der Waals surface area contributed by atoms with Crippen molar-refractivity contribution in [2.75, 3.05) is 0 Å². The predicted octanol–water partition coefficient (Wildman–Crippen LogP) is 3.79. The molecule has 0 saturated carbocycles. The van der Waals surface area contributed by atoms with Crippen LogP contribution in [0.1, 0.15) is 83.1 Å². The molecular formula is C34H38N4O9. The molecule has 13 heteroatoms. The van der Waals surface area contributed by atoms with Gasteiger partial charge in [-0.15, -0.1) is 0 Å². The zero-order valence-corrected chi connectivity index (χ0v) is 27.2. The zero-order valence-electron chi connectivity index (χ0n) is 27.2. The Labute approximate surface area is 270 Å². The van der Waals surface area contributed by atoms with E-state index in [0.29, 0.717) is 16.9 Å². The molecule has 248 valence electrons. The normalized spacial score (nSPS) is 17.6. The number of ether oxygens (including phenoxy) is 2. The number of benzene rings is 1. The van der Waals surface area contributed by atoms with E-state index in [9.17, 15) is 24.0 Å². The van der Waals surface area contributed by atoms with Crippen molar-refractivity contribution in [1.29, 1.82) is 0 Å². The van der Waals surface area contributed by atoms with Crippen LogP contribution < -0.4 is 10.9 Å². The molecule has 2 N–H and O–H groups in total. The van der Waals surface area contributed by atoms with E-state index in [2.05, 4.69) is 10.5 Å². The minimum atomic E-state index is -1.98. The standard InChI is InChI=1S/C34H38N4O9/c1-7-34(46-31(43)28(18(2)3)37-26(39)12-13-27(40)41)23-14-25-29-21(16-38(25)30(42)22(23)17-45-32(34)44)20(15-35-47-33(4,5)6)19-10-8-9-11-24(19)36-29/h8-11,14-15,18,28H,7,12-13,16-17H2,1-6H3,(H,37,39)(H,40,41)/b35-15-/t28?,34-/m0/s1. The SMILES string of the molecule is CC[C@@]1(OC(=O)C(NC(=O)CCC(=O)O)C(C)C)C(=O)OCc2c1cc1n(c2=O)Cc2c-1nc1ccccc1c2/C=N\OC(C)(C)C. The molecule has 1 unspecified atom stereocenters. The number of carbonyl (C=O) groups excluding carboxylic acids is 3. The number of amides is 1. The lowest BCUT2D eigenvalue weighted by molar-refractivity contribution is -0.191. The lowest BCUT2D eigenvalue weighted by Crippen LogP contribution is -2.52. The first kappa shape index (κ1) is 33.3. The molecule has 3 aromatic rings. The number of nitrogens with one attached hydrogen (secondary N) is 1. The Bertz CT molecular complexity index is 1870. The molecule has 0 aliphatic carbocycles. The minimum absolute atomic E-state index is 0.0642. The maximum absolute atomic E-state index is 14.1. The maximum atomic E-state index is 14.1. The van der Waals surface area contributed by atoms with Crippen LogP contribution in [-0.2, 0) is 52.2 Å². The Morgan fingerprint density at radius 2 is 1.89 bits per heavy atom. The van der Waals surface area contributed by atoms with Crippen molar-refractivity contribution < 1.29 is 38.6 Å². The van der Waals surface area contributed by atoms with Crippen LogP contribution in [0.5, 0.6) is 0 Å². The Morgan fingerprint density at radius 1 is 1.17 bits per heavy atom. The number of carbonyl (C=O) groups is 4. The Balaban J connectivity index is 1.60. The molecule has 2 atom stereocenters. The number of aromatic nitrogens is 2. The van der Waals surface area contributed by atoms with E-state index in [1.165, 1.54) is 0 Å². The van der Waals surface area contributed by atoms with E-state index in [-0.39, 0.29) is 37.1 Å². The van der Waals surface area contributed by atoms with E-state index in [1.54, 1.807) is 37.6 Å². The van der Waals surface area contributed by atoms with E-state index in [4.69, 9.17) is 24.4 Å². The molecule has 13 nitrogen and oxygen atoms in total. The summed E-state index contributed by atoms with van der Waals surface area (Å²) in [6, 6.07) is 7.97. The summed E-state index contributed by atoms with van der Waals surface area (Å²) in [7, 11) is 0. The number of fused-ring (bicyclic) bond motifs is 5. The molecule has 1 aromatic carbocycles. The number of para-hydroxylation sites is 1. The molecular weight excluding hydrogens is 608 g/mol. The summed E-state index contributed by atoms with van der Waals surface area (Å²) in [6.45, 7) is 10.5. The van der Waals surface area contributed by atoms with Crippen LogP contribution in [0, 0.1) is 5.92 Å². The van der Waals surface area contributed by atoms with E-state index in [1.807, 2.05) is 45.0 Å². The minimum Gasteiger partial charge on any atom is -0.481 e. The van der Waals surface area contributed by atoms with Gasteiger partial charge in [0.15, 0.2) is 0 Å². The van der Waals surface area contributed by atoms with Gasteiger partial charge in [0.25, 0.3) is 5.56 Å². The molecule has 0 saturated heterocycles. The lowest BCUT2D eigenvalue weighted by Gasteiger charge is -2.37. The number of aliphatic carboxylic acids is 1. The molecule has 2 aromatic heterocycles. The molecule has 47 heavy (non-hydrogen) atoms. The molecule has 2 aliphatic rings. The summed E-state index contributed by atoms with van der Waals surface area (Å²) in [5, 5.41) is 16.5. The molecule has 0 radical (unpaired) electrons. The highest BCUT2D eigenvalue weighted by Gasteiger charge is 2.51. The van der Waals surface area contributed by atoms with Crippen molar-refractivity contribution >= 4 is 40.9 Å². The van der Waals surface area contributed by atoms with Crippen LogP contribution >= 0.6 is 0 Å². The van der Waals surface area contributed by atoms with Crippen LogP contribution in [0.4, 0.5) is 0 Å². The number of cyclic esters (lactones) is 1. The number of oxime groups is 1. The van der Waals surface area contributed by atoms with Crippen molar-refractivity contribution in [3.05, 3.63) is 62.9 Å². The number of hydrogen-bond donors (Lipinski definition) is 2. The molecule has 0 spiro atoms. The summed E-state index contributed by atoms with van der Waals surface area (Å²) in [4.78, 5) is 75.1. The number of esters is 2. The van der Waals surface area contributed by atoms with Gasteiger partial charge in [0, 0.05) is 28.5 Å². The first-order valence-electron chi connectivity index (χ1n) is 15.5. The quantitative estimate of drug-likeness (QED) is 0.147. The van der Waals surface area contributed by atoms with Crippen molar-refractivity contribution in [2.24, 2.45) is 11.1 Å². The summed E-state index contributed by atoms with van der Waals surface area (Å²) < 4.78 is 13.0. The van der Waals surface area contributed by atoms with Gasteiger partial charge >= 0.3 is 17.9 Å². The maximum Gasteiger partial charge on any atom is 0.355 e. The molecule has 0 bridgehead atoms. The van der Waals surface area contributed by atoms with Gasteiger partial charge in [-0.1, -0.05) is 44.1 Å². The molecule has 1 amide bonds. The van der Waals surface area contributed by atoms with Gasteiger partial charge in [0.1, 0.15) is 18.2 Å². The second-order valence-corrected chi connectivity index (χ2v) is 13.0. The molecule has 0 fully saturated rings. The predicted molar refractivity (Wildman–Crippen MR) is 170 cm³/mol. The van der Waals surface area contributed by atoms with Crippen LogP contribution in [0.2, 0.25) is 0 Å². The highest BCUT2D eigenvalue weighted by Crippen LogP contribution is 2.42. The fourth-order valence-corrected chi connectivity index (χ4v) is 5.80. The highest BCUT2D eigenvalue weighted by molar-refractivity contribution is 6.02. The smallest absolute Gasteiger partial charge is 0.355 e. The first-order valence-corrected chi connectivity index (χ1v) is 15.5. The van der Waals surface area contributed by atoms with Crippen LogP contribution in [0.25, 0.3) is 22.3 Å². The van der Waals surface area contributed by atoms with Gasteiger partial charge < -0.3 is 29.3 Å². The molecule has 5 rings (SSSR count). The Morgan fingerprint density at radius 3 is 2.55 bits per heavy atom. The van der Waals surface area contributed by atoms with Crippen LogP contribution in [-0.4, -0.2) is 56.3 Å². The van der Waals surface area contributed by atoms with Crippen LogP contribution in [0.15, 0.2) is 40.3 Å². The van der Waals surface area contributed by atoms with Crippen molar-refractivity contribution in [1.82, 2.24) is 14.9 Å². The summed E-state index contributed by atoms with van der Waals surface area (Å²) in [5.41, 5.74) is 0.509. The number of carboxylic acid groups (broad SMARTS) is 1. The Hall–Kier alpha value is -5.07. The summed E-state index contributed by atoms with van der Waals surface area (Å²) >= 11 is 0. The monoisotopic (exact) mass is 646 g/mol. The zero-order chi connectivity index (χ0) is 34.3. The number of rotatable bonds is 10. The molecule has 2 aliphatic heterocycles.